The summed E-state index contributed by atoms with van der Waals surface area (Å²) in [7, 11) is 0. The van der Waals surface area contributed by atoms with Crippen LogP contribution in [0.3, 0.4) is 0 Å². The molecule has 0 aliphatic rings. The second kappa shape index (κ2) is 7.02. The van der Waals surface area contributed by atoms with Gasteiger partial charge in [0.25, 0.3) is 0 Å². The molecule has 1 atom stereocenters. The molecular weight excluding hydrogens is 216 g/mol. The number of hydrogen-bond donors (Lipinski definition) is 1. The fourth-order valence-corrected chi connectivity index (χ4v) is 2.64. The van der Waals surface area contributed by atoms with Crippen LogP contribution in [0.1, 0.15) is 44.8 Å². The van der Waals surface area contributed by atoms with Gasteiger partial charge in [-0.3, -0.25) is 0 Å². The van der Waals surface area contributed by atoms with Crippen molar-refractivity contribution < 1.29 is 0 Å². The van der Waals surface area contributed by atoms with Gasteiger partial charge in [0.2, 0.25) is 0 Å². The topological polar surface area (TPSA) is 24.9 Å². The van der Waals surface area contributed by atoms with E-state index in [0.29, 0.717) is 6.04 Å². The Kier molecular flexibility index (Phi) is 5.99. The average Bonchev–Trinajstić information content (AvgIpc) is 2.64. The Morgan fingerprint density at radius 1 is 1.38 bits per heavy atom. The first-order valence-electron chi connectivity index (χ1n) is 6.28. The van der Waals surface area contributed by atoms with Gasteiger partial charge >= 0.3 is 0 Å². The third-order valence-electron chi connectivity index (χ3n) is 2.60. The highest BCUT2D eigenvalue weighted by molar-refractivity contribution is 7.09. The van der Waals surface area contributed by atoms with Gasteiger partial charge in [-0.25, -0.2) is 4.98 Å². The molecule has 1 N–H and O–H groups in total. The first kappa shape index (κ1) is 13.7. The molecule has 1 aromatic heterocycles. The van der Waals surface area contributed by atoms with Crippen LogP contribution in [0.4, 0.5) is 0 Å². The maximum absolute atomic E-state index is 4.57. The molecule has 0 radical (unpaired) electrons. The summed E-state index contributed by atoms with van der Waals surface area (Å²) in [5.74, 6) is 0.772. The van der Waals surface area contributed by atoms with Crippen molar-refractivity contribution in [1.29, 1.82) is 0 Å². The molecule has 1 rings (SSSR count). The van der Waals surface area contributed by atoms with Gasteiger partial charge in [-0.15, -0.1) is 11.3 Å². The summed E-state index contributed by atoms with van der Waals surface area (Å²) in [6, 6.07) is 0.615. The molecule has 0 saturated carbocycles. The van der Waals surface area contributed by atoms with E-state index >= 15 is 0 Å². The van der Waals surface area contributed by atoms with E-state index in [1.165, 1.54) is 17.1 Å². The second-order valence-corrected chi connectivity index (χ2v) is 5.76. The first-order valence-corrected chi connectivity index (χ1v) is 7.16. The molecule has 0 aliphatic carbocycles. The van der Waals surface area contributed by atoms with E-state index in [1.807, 2.05) is 0 Å². The maximum atomic E-state index is 4.57. The normalized spacial score (nSPS) is 13.3. The van der Waals surface area contributed by atoms with Crippen LogP contribution in [0.5, 0.6) is 0 Å². The lowest BCUT2D eigenvalue weighted by atomic mass is 10.1. The molecule has 92 valence electrons. The SMILES string of the molecule is CCc1nc(CCNC(C)CC(C)C)cs1. The minimum Gasteiger partial charge on any atom is -0.314 e. The van der Waals surface area contributed by atoms with Crippen LogP contribution < -0.4 is 5.32 Å². The Morgan fingerprint density at radius 2 is 2.12 bits per heavy atom. The van der Waals surface area contributed by atoms with Gasteiger partial charge in [-0.1, -0.05) is 20.8 Å². The van der Waals surface area contributed by atoms with Crippen LogP contribution in [-0.4, -0.2) is 17.6 Å². The van der Waals surface area contributed by atoms with Gasteiger partial charge in [-0.05, 0) is 25.7 Å². The molecule has 2 nitrogen and oxygen atoms in total. The molecule has 0 aliphatic heterocycles. The lowest BCUT2D eigenvalue weighted by molar-refractivity contribution is 0.444. The molecule has 3 heteroatoms. The quantitative estimate of drug-likeness (QED) is 0.791. The van der Waals surface area contributed by atoms with Crippen molar-refractivity contribution in [3.8, 4) is 0 Å². The van der Waals surface area contributed by atoms with Gasteiger partial charge in [-0.2, -0.15) is 0 Å². The fourth-order valence-electron chi connectivity index (χ4n) is 1.86. The van der Waals surface area contributed by atoms with Crippen molar-refractivity contribution in [2.75, 3.05) is 6.54 Å². The molecule has 0 fully saturated rings. The summed E-state index contributed by atoms with van der Waals surface area (Å²) in [5.41, 5.74) is 1.24. The molecule has 1 heterocycles. The van der Waals surface area contributed by atoms with Crippen molar-refractivity contribution in [3.63, 3.8) is 0 Å². The largest absolute Gasteiger partial charge is 0.314 e. The monoisotopic (exact) mass is 240 g/mol. The van der Waals surface area contributed by atoms with Crippen LogP contribution in [-0.2, 0) is 12.8 Å². The summed E-state index contributed by atoms with van der Waals surface area (Å²) >= 11 is 1.78. The Morgan fingerprint density at radius 3 is 2.69 bits per heavy atom. The third kappa shape index (κ3) is 5.08. The number of rotatable bonds is 7. The average molecular weight is 240 g/mol. The molecule has 0 saturated heterocycles. The fraction of sp³-hybridized carbons (Fsp3) is 0.769. The van der Waals surface area contributed by atoms with E-state index in [2.05, 4.69) is 43.4 Å². The molecule has 1 aromatic rings. The highest BCUT2D eigenvalue weighted by Crippen LogP contribution is 2.10. The smallest absolute Gasteiger partial charge is 0.0925 e. The predicted molar refractivity (Wildman–Crippen MR) is 72.1 cm³/mol. The van der Waals surface area contributed by atoms with E-state index < -0.39 is 0 Å². The van der Waals surface area contributed by atoms with E-state index in [0.717, 1.165) is 25.3 Å². The molecule has 0 bridgehead atoms. The maximum Gasteiger partial charge on any atom is 0.0925 e. The number of nitrogens with zero attached hydrogens (tertiary/aromatic N) is 1. The van der Waals surface area contributed by atoms with E-state index in [1.54, 1.807) is 11.3 Å². The van der Waals surface area contributed by atoms with Crippen LogP contribution in [0.25, 0.3) is 0 Å². The summed E-state index contributed by atoms with van der Waals surface area (Å²) in [6.07, 6.45) is 3.36. The minimum absolute atomic E-state index is 0.615. The minimum atomic E-state index is 0.615. The number of hydrogen-bond acceptors (Lipinski definition) is 3. The van der Waals surface area contributed by atoms with Crippen LogP contribution in [0, 0.1) is 5.92 Å². The lowest BCUT2D eigenvalue weighted by Crippen LogP contribution is -2.29. The van der Waals surface area contributed by atoms with Crippen LogP contribution in [0.2, 0.25) is 0 Å². The standard InChI is InChI=1S/C13H24N2S/c1-5-13-15-12(9-16-13)6-7-14-11(4)8-10(2)3/h9-11,14H,5-8H2,1-4H3. The van der Waals surface area contributed by atoms with Crippen molar-refractivity contribution in [1.82, 2.24) is 10.3 Å². The second-order valence-electron chi connectivity index (χ2n) is 4.82. The van der Waals surface area contributed by atoms with E-state index in [9.17, 15) is 0 Å². The highest BCUT2D eigenvalue weighted by atomic mass is 32.1. The molecule has 0 spiro atoms. The van der Waals surface area contributed by atoms with Gasteiger partial charge in [0.1, 0.15) is 0 Å². The lowest BCUT2D eigenvalue weighted by Gasteiger charge is -2.15. The van der Waals surface area contributed by atoms with E-state index in [4.69, 9.17) is 0 Å². The first-order chi connectivity index (χ1) is 7.61. The number of aromatic nitrogens is 1. The molecule has 0 aromatic carbocycles. The van der Waals surface area contributed by atoms with Crippen molar-refractivity contribution in [2.45, 2.75) is 53.0 Å². The van der Waals surface area contributed by atoms with E-state index in [-0.39, 0.29) is 0 Å². The summed E-state index contributed by atoms with van der Waals surface area (Å²) in [6.45, 7) is 10.0. The van der Waals surface area contributed by atoms with Crippen molar-refractivity contribution >= 4 is 11.3 Å². The zero-order chi connectivity index (χ0) is 12.0. The predicted octanol–water partition coefficient (Wildman–Crippen LogP) is 3.27. The Balaban J connectivity index is 2.19. The number of thiazole rings is 1. The van der Waals surface area contributed by atoms with Gasteiger partial charge in [0, 0.05) is 24.4 Å². The molecule has 1 unspecified atom stereocenters. The zero-order valence-corrected chi connectivity index (χ0v) is 11.7. The van der Waals surface area contributed by atoms with Crippen molar-refractivity contribution in [2.24, 2.45) is 5.92 Å². The Hall–Kier alpha value is -0.410. The number of aryl methyl sites for hydroxylation is 1. The molecular formula is C13H24N2S. The van der Waals surface area contributed by atoms with Gasteiger partial charge in [0.05, 0.1) is 10.7 Å². The number of nitrogens with one attached hydrogen (secondary N) is 1. The summed E-state index contributed by atoms with van der Waals surface area (Å²) in [5, 5.41) is 7.00. The van der Waals surface area contributed by atoms with Gasteiger partial charge < -0.3 is 5.32 Å². The molecule has 0 amide bonds. The molecule has 16 heavy (non-hydrogen) atoms. The highest BCUT2D eigenvalue weighted by Gasteiger charge is 2.05. The third-order valence-corrected chi connectivity index (χ3v) is 3.64. The van der Waals surface area contributed by atoms with Crippen LogP contribution in [0.15, 0.2) is 5.38 Å². The Labute approximate surface area is 103 Å². The summed E-state index contributed by atoms with van der Waals surface area (Å²) in [4.78, 5) is 4.57. The van der Waals surface area contributed by atoms with Crippen molar-refractivity contribution in [3.05, 3.63) is 16.1 Å². The van der Waals surface area contributed by atoms with Crippen LogP contribution >= 0.6 is 11.3 Å². The van der Waals surface area contributed by atoms with Gasteiger partial charge in [0.15, 0.2) is 0 Å². The summed E-state index contributed by atoms with van der Waals surface area (Å²) < 4.78 is 0. The zero-order valence-electron chi connectivity index (χ0n) is 10.9. The Bertz CT molecular complexity index is 294.